The lowest BCUT2D eigenvalue weighted by Gasteiger charge is -2.35. The summed E-state index contributed by atoms with van der Waals surface area (Å²) in [4.78, 5) is 2.08. The van der Waals surface area contributed by atoms with Crippen molar-refractivity contribution >= 4 is 12.4 Å². The van der Waals surface area contributed by atoms with E-state index in [2.05, 4.69) is 16.8 Å². The maximum atomic E-state index is 14.4. The summed E-state index contributed by atoms with van der Waals surface area (Å²) >= 11 is 0. The number of methoxy groups -OCH3 is 1. The van der Waals surface area contributed by atoms with Gasteiger partial charge in [-0.25, -0.2) is 8.78 Å². The molecule has 1 aromatic carbocycles. The van der Waals surface area contributed by atoms with Crippen molar-refractivity contribution in [3.63, 3.8) is 0 Å². The summed E-state index contributed by atoms with van der Waals surface area (Å²) in [6, 6.07) is 2.23. The van der Waals surface area contributed by atoms with E-state index in [1.807, 2.05) is 0 Å². The smallest absolute Gasteiger partial charge is 0.172 e. The molecule has 6 heteroatoms. The molecule has 21 heavy (non-hydrogen) atoms. The molecule has 2 rings (SSSR count). The van der Waals surface area contributed by atoms with Crippen molar-refractivity contribution in [2.24, 2.45) is 0 Å². The average molecular weight is 319 g/mol. The highest BCUT2D eigenvalue weighted by Gasteiger charge is 2.28. The zero-order valence-corrected chi connectivity index (χ0v) is 12.9. The molecule has 1 heterocycles. The summed E-state index contributed by atoms with van der Waals surface area (Å²) < 4.78 is 33.5. The third-order valence-corrected chi connectivity index (χ3v) is 3.63. The fourth-order valence-electron chi connectivity index (χ4n) is 2.61. The van der Waals surface area contributed by atoms with Crippen LogP contribution in [0.3, 0.4) is 0 Å². The minimum absolute atomic E-state index is 0. The molecule has 1 atom stereocenters. The van der Waals surface area contributed by atoms with Gasteiger partial charge in [-0.1, -0.05) is 6.08 Å². The monoisotopic (exact) mass is 318 g/mol. The highest BCUT2D eigenvalue weighted by molar-refractivity contribution is 5.85. The Hall–Kier alpha value is -1.17. The van der Waals surface area contributed by atoms with Crippen molar-refractivity contribution in [3.05, 3.63) is 42.0 Å². The van der Waals surface area contributed by atoms with Gasteiger partial charge in [-0.2, -0.15) is 0 Å². The maximum absolute atomic E-state index is 14.4. The fraction of sp³-hybridized carbons (Fsp3) is 0.467. The van der Waals surface area contributed by atoms with Crippen molar-refractivity contribution in [3.8, 4) is 5.75 Å². The third-order valence-electron chi connectivity index (χ3n) is 3.63. The first-order chi connectivity index (χ1) is 9.69. The van der Waals surface area contributed by atoms with Gasteiger partial charge < -0.3 is 10.1 Å². The number of halogens is 3. The number of hydrogen-bond acceptors (Lipinski definition) is 3. The van der Waals surface area contributed by atoms with E-state index in [0.29, 0.717) is 6.42 Å². The van der Waals surface area contributed by atoms with E-state index >= 15 is 0 Å². The Bertz CT molecular complexity index is 479. The predicted molar refractivity (Wildman–Crippen MR) is 82.2 cm³/mol. The lowest BCUT2D eigenvalue weighted by atomic mass is 9.99. The minimum Gasteiger partial charge on any atom is -0.494 e. The van der Waals surface area contributed by atoms with Crippen molar-refractivity contribution in [2.45, 2.75) is 12.5 Å². The van der Waals surface area contributed by atoms with Gasteiger partial charge >= 0.3 is 0 Å². The Balaban J connectivity index is 0.00000220. The van der Waals surface area contributed by atoms with Crippen LogP contribution in [0.1, 0.15) is 18.0 Å². The third kappa shape index (κ3) is 3.93. The highest BCUT2D eigenvalue weighted by atomic mass is 35.5. The van der Waals surface area contributed by atoms with Crippen LogP contribution in [0.15, 0.2) is 24.8 Å². The van der Waals surface area contributed by atoms with Gasteiger partial charge in [0.25, 0.3) is 0 Å². The molecule has 3 nitrogen and oxygen atoms in total. The second-order valence-electron chi connectivity index (χ2n) is 4.80. The first-order valence-electron chi connectivity index (χ1n) is 6.76. The molecule has 0 bridgehead atoms. The molecule has 0 radical (unpaired) electrons. The Morgan fingerprint density at radius 3 is 2.62 bits per heavy atom. The molecule has 1 N–H and O–H groups in total. The molecule has 1 aliphatic heterocycles. The zero-order valence-electron chi connectivity index (χ0n) is 12.1. The van der Waals surface area contributed by atoms with Crippen molar-refractivity contribution < 1.29 is 13.5 Å². The lowest BCUT2D eigenvalue weighted by molar-refractivity contribution is 0.167. The Morgan fingerprint density at radius 1 is 1.38 bits per heavy atom. The average Bonchev–Trinajstić information content (AvgIpc) is 2.47. The van der Waals surface area contributed by atoms with Gasteiger partial charge in [0.05, 0.1) is 7.11 Å². The fourth-order valence-corrected chi connectivity index (χ4v) is 2.61. The SMILES string of the molecule is C=CC[C@H](c1c(F)ccc(OC)c1F)N1CCNCC1.Cl. The number of ether oxygens (including phenoxy) is 1. The Morgan fingerprint density at radius 2 is 2.05 bits per heavy atom. The molecule has 0 saturated carbocycles. The summed E-state index contributed by atoms with van der Waals surface area (Å²) in [5, 5.41) is 3.24. The summed E-state index contributed by atoms with van der Waals surface area (Å²) in [5.41, 5.74) is 0.0751. The van der Waals surface area contributed by atoms with Crippen LogP contribution in [-0.2, 0) is 0 Å². The van der Waals surface area contributed by atoms with Crippen LogP contribution in [0.25, 0.3) is 0 Å². The molecule has 1 fully saturated rings. The van der Waals surface area contributed by atoms with Gasteiger partial charge in [-0.15, -0.1) is 19.0 Å². The highest BCUT2D eigenvalue weighted by Crippen LogP contribution is 2.33. The zero-order chi connectivity index (χ0) is 14.5. The first kappa shape index (κ1) is 17.9. The van der Waals surface area contributed by atoms with Gasteiger partial charge in [0.15, 0.2) is 11.6 Å². The van der Waals surface area contributed by atoms with E-state index in [1.165, 1.54) is 19.2 Å². The van der Waals surface area contributed by atoms with E-state index < -0.39 is 11.6 Å². The Labute approximate surface area is 130 Å². The van der Waals surface area contributed by atoms with Crippen LogP contribution >= 0.6 is 12.4 Å². The van der Waals surface area contributed by atoms with Crippen LogP contribution in [0.5, 0.6) is 5.75 Å². The minimum atomic E-state index is -0.613. The summed E-state index contributed by atoms with van der Waals surface area (Å²) in [6.07, 6.45) is 2.20. The number of nitrogens with one attached hydrogen (secondary N) is 1. The van der Waals surface area contributed by atoms with Crippen LogP contribution in [0.2, 0.25) is 0 Å². The van der Waals surface area contributed by atoms with E-state index in [9.17, 15) is 8.78 Å². The quantitative estimate of drug-likeness (QED) is 0.845. The summed E-state index contributed by atoms with van der Waals surface area (Å²) in [5.74, 6) is -1.07. The molecule has 0 unspecified atom stereocenters. The topological polar surface area (TPSA) is 24.5 Å². The summed E-state index contributed by atoms with van der Waals surface area (Å²) in [7, 11) is 1.38. The first-order valence-corrected chi connectivity index (χ1v) is 6.76. The number of rotatable bonds is 5. The lowest BCUT2D eigenvalue weighted by Crippen LogP contribution is -2.45. The van der Waals surface area contributed by atoms with Crippen molar-refractivity contribution in [2.75, 3.05) is 33.3 Å². The van der Waals surface area contributed by atoms with Crippen molar-refractivity contribution in [1.29, 1.82) is 0 Å². The van der Waals surface area contributed by atoms with E-state index in [0.717, 1.165) is 26.2 Å². The van der Waals surface area contributed by atoms with Gasteiger partial charge in [-0.3, -0.25) is 4.90 Å². The number of piperazine rings is 1. The molecule has 0 amide bonds. The normalized spacial score (nSPS) is 16.9. The number of nitrogens with zero attached hydrogens (tertiary/aromatic N) is 1. The molecule has 0 aliphatic carbocycles. The second-order valence-corrected chi connectivity index (χ2v) is 4.80. The van der Waals surface area contributed by atoms with Crippen LogP contribution < -0.4 is 10.1 Å². The standard InChI is InChI=1S/C15H20F2N2O.ClH/c1-3-4-12(19-9-7-18-8-10-19)14-11(16)5-6-13(20-2)15(14)17;/h3,5-6,12,18H,1,4,7-10H2,2H3;1H/t12-;/m1./s1. The molecule has 1 aromatic rings. The molecule has 1 aliphatic rings. The predicted octanol–water partition coefficient (Wildman–Crippen LogP) is 2.92. The largest absolute Gasteiger partial charge is 0.494 e. The van der Waals surface area contributed by atoms with Crippen LogP contribution in [0.4, 0.5) is 8.78 Å². The molecule has 1 saturated heterocycles. The second kappa shape index (κ2) is 8.32. The van der Waals surface area contributed by atoms with Crippen LogP contribution in [-0.4, -0.2) is 38.2 Å². The van der Waals surface area contributed by atoms with Gasteiger partial charge in [0, 0.05) is 37.8 Å². The molecular weight excluding hydrogens is 298 g/mol. The van der Waals surface area contributed by atoms with E-state index in [-0.39, 0.29) is 29.8 Å². The molecule has 0 aromatic heterocycles. The Kier molecular flexibility index (Phi) is 7.08. The van der Waals surface area contributed by atoms with Gasteiger partial charge in [0.1, 0.15) is 5.82 Å². The molecule has 118 valence electrons. The molecule has 0 spiro atoms. The van der Waals surface area contributed by atoms with Crippen LogP contribution in [0, 0.1) is 11.6 Å². The number of hydrogen-bond donors (Lipinski definition) is 1. The molecular formula is C15H21ClF2N2O. The summed E-state index contributed by atoms with van der Waals surface area (Å²) in [6.45, 7) is 6.86. The van der Waals surface area contributed by atoms with Crippen molar-refractivity contribution in [1.82, 2.24) is 10.2 Å². The van der Waals surface area contributed by atoms with Gasteiger partial charge in [0.2, 0.25) is 0 Å². The van der Waals surface area contributed by atoms with Gasteiger partial charge in [-0.05, 0) is 18.6 Å². The maximum Gasteiger partial charge on any atom is 0.172 e. The number of benzene rings is 1. The van der Waals surface area contributed by atoms with E-state index in [4.69, 9.17) is 4.74 Å². The van der Waals surface area contributed by atoms with E-state index in [1.54, 1.807) is 6.08 Å².